The maximum atomic E-state index is 2.89. The smallest absolute Gasteiger partial charge is 0.0205 e. The summed E-state index contributed by atoms with van der Waals surface area (Å²) in [7, 11) is 1.37. The fraction of sp³-hybridized carbons (Fsp3) is 1.00. The fourth-order valence-electron chi connectivity index (χ4n) is 3.46. The molecule has 0 atom stereocenters. The predicted octanol–water partition coefficient (Wildman–Crippen LogP) is 1.89. The average molecular weight is 211 g/mol. The Morgan fingerprint density at radius 2 is 1.21 bits per heavy atom. The monoisotopic (exact) mass is 211 g/mol. The molecular weight excluding hydrogens is 186 g/mol. The van der Waals surface area contributed by atoms with Crippen LogP contribution in [-0.2, 0) is 0 Å². The highest BCUT2D eigenvalue weighted by molar-refractivity contribution is 6.08. The molecule has 0 heterocycles. The van der Waals surface area contributed by atoms with Gasteiger partial charge in [0.15, 0.2) is 0 Å². The second-order valence-electron chi connectivity index (χ2n) is 5.06. The van der Waals surface area contributed by atoms with Crippen molar-refractivity contribution in [3.8, 4) is 0 Å². The number of hydrogen-bond donors (Lipinski definition) is 0. The molecule has 2 saturated carbocycles. The van der Waals surface area contributed by atoms with Crippen LogP contribution in [0.3, 0.4) is 0 Å². The molecule has 14 heavy (non-hydrogen) atoms. The lowest BCUT2D eigenvalue weighted by Gasteiger charge is -2.38. The van der Waals surface area contributed by atoms with E-state index in [2.05, 4.69) is 4.90 Å². The Kier molecular flexibility index (Phi) is 4.06. The molecule has 2 fully saturated rings. The van der Waals surface area contributed by atoms with Crippen molar-refractivity contribution in [1.29, 1.82) is 0 Å². The van der Waals surface area contributed by atoms with Gasteiger partial charge in [-0.15, -0.1) is 0 Å². The van der Waals surface area contributed by atoms with E-state index in [1.54, 1.807) is 0 Å². The van der Waals surface area contributed by atoms with Crippen LogP contribution in [-0.4, -0.2) is 33.4 Å². The number of rotatable bonds is 3. The molecule has 2 heteroatoms. The van der Waals surface area contributed by atoms with Gasteiger partial charge in [-0.2, -0.15) is 0 Å². The summed E-state index contributed by atoms with van der Waals surface area (Å²) in [5, 5.41) is 0. The first-order valence-corrected chi connectivity index (χ1v) is 8.09. The third kappa shape index (κ3) is 2.40. The van der Waals surface area contributed by atoms with Crippen LogP contribution in [0.4, 0.5) is 0 Å². The molecule has 0 bridgehead atoms. The van der Waals surface area contributed by atoms with E-state index in [1.807, 2.05) is 0 Å². The molecule has 0 aromatic heterocycles. The van der Waals surface area contributed by atoms with Gasteiger partial charge in [-0.3, -0.25) is 0 Å². The van der Waals surface area contributed by atoms with Crippen LogP contribution in [0.15, 0.2) is 0 Å². The minimum absolute atomic E-state index is 0.976. The average Bonchev–Trinajstić information content (AvgIpc) is 2.74. The predicted molar refractivity (Wildman–Crippen MR) is 65.8 cm³/mol. The molecule has 2 rings (SSSR count). The van der Waals surface area contributed by atoms with Crippen LogP contribution < -0.4 is 0 Å². The van der Waals surface area contributed by atoms with Crippen LogP contribution >= 0.6 is 0 Å². The summed E-state index contributed by atoms with van der Waals surface area (Å²) in [5.41, 5.74) is 0. The van der Waals surface area contributed by atoms with E-state index < -0.39 is 0 Å². The van der Waals surface area contributed by atoms with E-state index >= 15 is 0 Å². The molecule has 0 saturated heterocycles. The van der Waals surface area contributed by atoms with Gasteiger partial charge in [-0.1, -0.05) is 32.1 Å². The fourth-order valence-corrected chi connectivity index (χ4v) is 4.50. The zero-order chi connectivity index (χ0) is 9.80. The van der Waals surface area contributed by atoms with Gasteiger partial charge in [0.05, 0.1) is 0 Å². The van der Waals surface area contributed by atoms with Gasteiger partial charge in [0.1, 0.15) is 0 Å². The van der Waals surface area contributed by atoms with Crippen LogP contribution in [0, 0.1) is 0 Å². The third-order valence-corrected chi connectivity index (χ3v) is 4.93. The summed E-state index contributed by atoms with van der Waals surface area (Å²) in [6, 6.07) is 1.96. The zero-order valence-corrected chi connectivity index (χ0v) is 11.7. The summed E-state index contributed by atoms with van der Waals surface area (Å²) in [5.74, 6) is 0. The second-order valence-corrected chi connectivity index (χ2v) is 5.69. The van der Waals surface area contributed by atoms with Crippen LogP contribution in [0.25, 0.3) is 0 Å². The van der Waals surface area contributed by atoms with Crippen molar-refractivity contribution in [2.75, 3.05) is 6.17 Å². The molecule has 82 valence electrons. The van der Waals surface area contributed by atoms with Crippen LogP contribution in [0.1, 0.15) is 57.8 Å². The van der Waals surface area contributed by atoms with Crippen molar-refractivity contribution in [2.45, 2.75) is 69.9 Å². The Balaban J connectivity index is 1.89. The van der Waals surface area contributed by atoms with Gasteiger partial charge in [0.25, 0.3) is 0 Å². The molecule has 0 aliphatic heterocycles. The maximum absolute atomic E-state index is 2.89. The van der Waals surface area contributed by atoms with E-state index in [-0.39, 0.29) is 0 Å². The molecule has 0 aromatic rings. The van der Waals surface area contributed by atoms with E-state index in [4.69, 9.17) is 0 Å². The molecule has 1 nitrogen and oxygen atoms in total. The Bertz CT molecular complexity index is 160. The largest absolute Gasteiger partial charge is 0.301 e. The van der Waals surface area contributed by atoms with E-state index in [1.165, 1.54) is 74.2 Å². The highest BCUT2D eigenvalue weighted by atomic mass is 28.1. The van der Waals surface area contributed by atoms with Crippen molar-refractivity contribution in [3.63, 3.8) is 0 Å². The number of nitrogens with zero attached hydrogens (tertiary/aromatic N) is 1. The van der Waals surface area contributed by atoms with Crippen molar-refractivity contribution in [3.05, 3.63) is 0 Å². The highest BCUT2D eigenvalue weighted by Crippen LogP contribution is 2.30. The first-order valence-electron chi connectivity index (χ1n) is 6.67. The van der Waals surface area contributed by atoms with Crippen molar-refractivity contribution >= 4 is 10.2 Å². The van der Waals surface area contributed by atoms with Gasteiger partial charge in [0.2, 0.25) is 0 Å². The van der Waals surface area contributed by atoms with Crippen molar-refractivity contribution < 1.29 is 0 Å². The second kappa shape index (κ2) is 5.31. The molecule has 0 amide bonds. The molecule has 0 spiro atoms. The Morgan fingerprint density at radius 1 is 0.786 bits per heavy atom. The standard InChI is InChI=1S/C12H25NSi/c14-10-13(12-8-4-5-9-12)11-6-2-1-3-7-11/h11-12H,1-10H2,14H3. The first-order chi connectivity index (χ1) is 6.92. The Morgan fingerprint density at radius 3 is 1.64 bits per heavy atom. The van der Waals surface area contributed by atoms with Gasteiger partial charge < -0.3 is 4.90 Å². The minimum atomic E-state index is 0.976. The summed E-state index contributed by atoms with van der Waals surface area (Å²) in [6.45, 7) is 0. The van der Waals surface area contributed by atoms with Crippen LogP contribution in [0.5, 0.6) is 0 Å². The van der Waals surface area contributed by atoms with Crippen molar-refractivity contribution in [1.82, 2.24) is 4.90 Å². The van der Waals surface area contributed by atoms with Gasteiger partial charge in [-0.05, 0) is 31.9 Å². The quantitative estimate of drug-likeness (QED) is 0.644. The summed E-state index contributed by atoms with van der Waals surface area (Å²) in [6.07, 6.45) is 14.9. The Labute approximate surface area is 91.7 Å². The maximum Gasteiger partial charge on any atom is 0.0205 e. The third-order valence-electron chi connectivity index (χ3n) is 4.20. The molecular formula is C12H25NSi. The topological polar surface area (TPSA) is 3.24 Å². The molecule has 0 radical (unpaired) electrons. The molecule has 0 N–H and O–H groups in total. The number of hydrogen-bond acceptors (Lipinski definition) is 1. The Hall–Kier alpha value is 0.177. The summed E-state index contributed by atoms with van der Waals surface area (Å²) in [4.78, 5) is 2.89. The van der Waals surface area contributed by atoms with Gasteiger partial charge >= 0.3 is 0 Å². The highest BCUT2D eigenvalue weighted by Gasteiger charge is 2.27. The van der Waals surface area contributed by atoms with Crippen LogP contribution in [0.2, 0.25) is 0 Å². The zero-order valence-electron chi connectivity index (χ0n) is 9.67. The van der Waals surface area contributed by atoms with Gasteiger partial charge in [-0.25, -0.2) is 0 Å². The molecule has 0 aromatic carbocycles. The van der Waals surface area contributed by atoms with Gasteiger partial charge in [0, 0.05) is 22.3 Å². The van der Waals surface area contributed by atoms with Crippen molar-refractivity contribution in [2.24, 2.45) is 0 Å². The summed E-state index contributed by atoms with van der Waals surface area (Å²) < 4.78 is 0. The lowest BCUT2D eigenvalue weighted by atomic mass is 9.93. The molecule has 2 aliphatic carbocycles. The molecule has 0 unspecified atom stereocenters. The van der Waals surface area contributed by atoms with E-state index in [0.717, 1.165) is 12.1 Å². The lowest BCUT2D eigenvalue weighted by Crippen LogP contribution is -2.43. The lowest BCUT2D eigenvalue weighted by molar-refractivity contribution is 0.129. The minimum Gasteiger partial charge on any atom is -0.301 e. The normalized spacial score (nSPS) is 26.4. The first kappa shape index (κ1) is 10.7. The van der Waals surface area contributed by atoms with E-state index in [9.17, 15) is 0 Å². The SMILES string of the molecule is [SiH3]CN(C1CCCCC1)C1CCCC1. The summed E-state index contributed by atoms with van der Waals surface area (Å²) >= 11 is 0. The molecule has 2 aliphatic rings. The van der Waals surface area contributed by atoms with E-state index in [0.29, 0.717) is 0 Å².